The average Bonchev–Trinajstić information content (AvgIpc) is 3.12. The van der Waals surface area contributed by atoms with Gasteiger partial charge in [0, 0.05) is 24.2 Å². The molecule has 8 nitrogen and oxygen atoms in total. The Balaban J connectivity index is 2.03. The van der Waals surface area contributed by atoms with Crippen LogP contribution >= 0.6 is 0 Å². The average molecular weight is 413 g/mol. The molecular formula is C22H32N6O2. The minimum absolute atomic E-state index is 0.0228. The van der Waals surface area contributed by atoms with Crippen molar-refractivity contribution >= 4 is 10.9 Å². The van der Waals surface area contributed by atoms with Gasteiger partial charge >= 0.3 is 0 Å². The molecule has 2 N–H and O–H groups in total. The predicted octanol–water partition coefficient (Wildman–Crippen LogP) is 2.77. The van der Waals surface area contributed by atoms with Gasteiger partial charge < -0.3 is 10.1 Å². The number of aliphatic hydroxyl groups is 1. The molecule has 2 heterocycles. The Labute approximate surface area is 176 Å². The number of hydrogen-bond donors (Lipinski definition) is 2. The van der Waals surface area contributed by atoms with Gasteiger partial charge in [-0.25, -0.2) is 4.68 Å². The van der Waals surface area contributed by atoms with E-state index >= 15 is 0 Å². The van der Waals surface area contributed by atoms with E-state index in [4.69, 9.17) is 0 Å². The van der Waals surface area contributed by atoms with Crippen molar-refractivity contribution in [3.63, 3.8) is 0 Å². The molecule has 162 valence electrons. The molecule has 0 amide bonds. The Morgan fingerprint density at radius 1 is 1.23 bits per heavy atom. The molecule has 8 heteroatoms. The van der Waals surface area contributed by atoms with Gasteiger partial charge in [0.15, 0.2) is 5.82 Å². The number of H-pyrrole nitrogens is 1. The molecule has 0 bridgehead atoms. The van der Waals surface area contributed by atoms with Crippen molar-refractivity contribution in [2.24, 2.45) is 5.92 Å². The number of aryl methyl sites for hydroxylation is 1. The molecule has 1 unspecified atom stereocenters. The molecule has 0 spiro atoms. The second-order valence-corrected chi connectivity index (χ2v) is 9.22. The molecule has 1 aromatic carbocycles. The monoisotopic (exact) mass is 412 g/mol. The summed E-state index contributed by atoms with van der Waals surface area (Å²) < 4.78 is 1.83. The number of aromatic amines is 1. The lowest BCUT2D eigenvalue weighted by Gasteiger charge is -2.34. The third-order valence-corrected chi connectivity index (χ3v) is 5.26. The summed E-state index contributed by atoms with van der Waals surface area (Å²) in [7, 11) is 0. The van der Waals surface area contributed by atoms with Crippen molar-refractivity contribution in [3.05, 3.63) is 51.6 Å². The number of hydrogen-bond acceptors (Lipinski definition) is 6. The van der Waals surface area contributed by atoms with E-state index in [1.54, 1.807) is 0 Å². The number of aliphatic hydroxyl groups excluding tert-OH is 1. The van der Waals surface area contributed by atoms with Gasteiger partial charge in [-0.05, 0) is 67.1 Å². The summed E-state index contributed by atoms with van der Waals surface area (Å²) in [5.74, 6) is 0.907. The summed E-state index contributed by atoms with van der Waals surface area (Å²) >= 11 is 0. The Bertz CT molecular complexity index is 1060. The first kappa shape index (κ1) is 22.1. The molecule has 2 aromatic heterocycles. The third-order valence-electron chi connectivity index (χ3n) is 5.26. The van der Waals surface area contributed by atoms with Crippen molar-refractivity contribution in [1.82, 2.24) is 30.1 Å². The van der Waals surface area contributed by atoms with Gasteiger partial charge in [0.05, 0.1) is 18.2 Å². The van der Waals surface area contributed by atoms with Gasteiger partial charge in [-0.2, -0.15) is 0 Å². The van der Waals surface area contributed by atoms with Crippen LogP contribution < -0.4 is 5.56 Å². The fourth-order valence-electron chi connectivity index (χ4n) is 3.88. The molecule has 0 aliphatic carbocycles. The van der Waals surface area contributed by atoms with E-state index in [1.807, 2.05) is 35.9 Å². The molecule has 0 saturated carbocycles. The van der Waals surface area contributed by atoms with E-state index < -0.39 is 0 Å². The summed E-state index contributed by atoms with van der Waals surface area (Å²) in [5, 5.41) is 23.2. The normalized spacial score (nSPS) is 13.5. The fraction of sp³-hybridized carbons (Fsp3) is 0.545. The van der Waals surface area contributed by atoms with E-state index in [0.717, 1.165) is 22.3 Å². The lowest BCUT2D eigenvalue weighted by atomic mass is 9.99. The minimum atomic E-state index is -0.283. The smallest absolute Gasteiger partial charge is 0.252 e. The predicted molar refractivity (Wildman–Crippen MR) is 117 cm³/mol. The van der Waals surface area contributed by atoms with E-state index in [1.165, 1.54) is 0 Å². The highest BCUT2D eigenvalue weighted by Gasteiger charge is 2.32. The first-order chi connectivity index (χ1) is 14.1. The highest BCUT2D eigenvalue weighted by atomic mass is 16.3. The first-order valence-electron chi connectivity index (χ1n) is 10.4. The largest absolute Gasteiger partial charge is 0.395 e. The highest BCUT2D eigenvalue weighted by molar-refractivity contribution is 5.79. The van der Waals surface area contributed by atoms with Crippen molar-refractivity contribution in [2.45, 2.75) is 59.7 Å². The summed E-state index contributed by atoms with van der Waals surface area (Å²) in [6.45, 7) is 13.1. The van der Waals surface area contributed by atoms with Crippen LogP contribution in [0.2, 0.25) is 0 Å². The third kappa shape index (κ3) is 4.60. The van der Waals surface area contributed by atoms with Crippen molar-refractivity contribution in [2.75, 3.05) is 13.2 Å². The Morgan fingerprint density at radius 3 is 2.60 bits per heavy atom. The van der Waals surface area contributed by atoms with Crippen molar-refractivity contribution in [1.29, 1.82) is 0 Å². The van der Waals surface area contributed by atoms with Crippen LogP contribution in [-0.4, -0.2) is 48.3 Å². The number of aromatic nitrogens is 5. The van der Waals surface area contributed by atoms with Crippen LogP contribution in [0.4, 0.5) is 0 Å². The molecule has 0 aliphatic heterocycles. The van der Waals surface area contributed by atoms with Gasteiger partial charge in [-0.3, -0.25) is 9.69 Å². The number of benzene rings is 1. The Hall–Kier alpha value is -2.58. The molecule has 30 heavy (non-hydrogen) atoms. The summed E-state index contributed by atoms with van der Waals surface area (Å²) in [6.07, 6.45) is 0. The van der Waals surface area contributed by atoms with Crippen LogP contribution in [0.5, 0.6) is 0 Å². The van der Waals surface area contributed by atoms with E-state index in [2.05, 4.69) is 60.0 Å². The van der Waals surface area contributed by atoms with Gasteiger partial charge in [0.2, 0.25) is 0 Å². The molecule has 0 radical (unpaired) electrons. The molecule has 0 fully saturated rings. The number of nitrogens with zero attached hydrogens (tertiary/aromatic N) is 5. The number of fused-ring (bicyclic) bond motifs is 1. The van der Waals surface area contributed by atoms with Gasteiger partial charge in [-0.1, -0.05) is 26.0 Å². The molecule has 0 aliphatic rings. The number of rotatable bonds is 7. The second-order valence-electron chi connectivity index (χ2n) is 9.22. The highest BCUT2D eigenvalue weighted by Crippen LogP contribution is 2.30. The van der Waals surface area contributed by atoms with Crippen molar-refractivity contribution in [3.8, 4) is 0 Å². The first-order valence-corrected chi connectivity index (χ1v) is 10.4. The number of nitrogens with one attached hydrogen (secondary N) is 1. The zero-order chi connectivity index (χ0) is 22.1. The standard InChI is InChI=1S/C22H32N6O2/c1-14(2)19(20-24-25-26-28(20)22(4,5)6)27(9-10-29)13-17-12-16-8-7-15(3)11-18(16)23-21(17)30/h7-8,11-12,14,19,29H,9-10,13H2,1-6H3,(H,23,30). The summed E-state index contributed by atoms with van der Waals surface area (Å²) in [6, 6.07) is 7.80. The molecule has 0 saturated heterocycles. The van der Waals surface area contributed by atoms with Crippen LogP contribution in [-0.2, 0) is 12.1 Å². The maximum Gasteiger partial charge on any atom is 0.252 e. The van der Waals surface area contributed by atoms with E-state index in [0.29, 0.717) is 18.7 Å². The molecule has 3 rings (SSSR count). The van der Waals surface area contributed by atoms with Crippen LogP contribution in [0.3, 0.4) is 0 Å². The van der Waals surface area contributed by atoms with Crippen LogP contribution in [0.25, 0.3) is 10.9 Å². The fourth-order valence-corrected chi connectivity index (χ4v) is 3.88. The van der Waals surface area contributed by atoms with Crippen molar-refractivity contribution < 1.29 is 5.11 Å². The molecule has 1 atom stereocenters. The Morgan fingerprint density at radius 2 is 1.97 bits per heavy atom. The lowest BCUT2D eigenvalue weighted by Crippen LogP contribution is -2.39. The number of pyridine rings is 1. The van der Waals surface area contributed by atoms with Crippen LogP contribution in [0.15, 0.2) is 29.1 Å². The molecule has 3 aromatic rings. The minimum Gasteiger partial charge on any atom is -0.395 e. The Kier molecular flexibility index (Phi) is 6.38. The molecular weight excluding hydrogens is 380 g/mol. The summed E-state index contributed by atoms with van der Waals surface area (Å²) in [5.41, 5.74) is 2.18. The second kappa shape index (κ2) is 8.65. The van der Waals surface area contributed by atoms with Crippen LogP contribution in [0.1, 0.15) is 57.6 Å². The lowest BCUT2D eigenvalue weighted by molar-refractivity contribution is 0.101. The topological polar surface area (TPSA) is 99.9 Å². The van der Waals surface area contributed by atoms with Gasteiger partial charge in [0.1, 0.15) is 0 Å². The zero-order valence-corrected chi connectivity index (χ0v) is 18.7. The van der Waals surface area contributed by atoms with E-state index in [9.17, 15) is 9.90 Å². The number of tetrazole rings is 1. The quantitative estimate of drug-likeness (QED) is 0.619. The SMILES string of the molecule is Cc1ccc2cc(CN(CCO)C(c3nnnn3C(C)(C)C)C(C)C)c(=O)[nH]c2c1. The summed E-state index contributed by atoms with van der Waals surface area (Å²) in [4.78, 5) is 17.9. The van der Waals surface area contributed by atoms with Gasteiger partial charge in [-0.15, -0.1) is 5.10 Å². The van der Waals surface area contributed by atoms with Crippen LogP contribution in [0, 0.1) is 12.8 Å². The maximum atomic E-state index is 12.8. The zero-order valence-electron chi connectivity index (χ0n) is 18.7. The van der Waals surface area contributed by atoms with E-state index in [-0.39, 0.29) is 29.7 Å². The maximum absolute atomic E-state index is 12.8. The van der Waals surface area contributed by atoms with Gasteiger partial charge in [0.25, 0.3) is 5.56 Å².